The quantitative estimate of drug-likeness (QED) is 0.353. The van der Waals surface area contributed by atoms with Crippen LogP contribution in [0.2, 0.25) is 0 Å². The van der Waals surface area contributed by atoms with Crippen LogP contribution in [0.3, 0.4) is 0 Å². The van der Waals surface area contributed by atoms with Gasteiger partial charge >= 0.3 is 0 Å². The van der Waals surface area contributed by atoms with Crippen LogP contribution in [0, 0.1) is 0 Å². The van der Waals surface area contributed by atoms with Crippen LogP contribution in [0.4, 0.5) is 5.69 Å². The smallest absolute Gasteiger partial charge is 0.225 e. The average molecular weight is 501 g/mol. The van der Waals surface area contributed by atoms with Crippen molar-refractivity contribution in [3.8, 4) is 11.5 Å². The Morgan fingerprint density at radius 3 is 2.27 bits per heavy atom. The van der Waals surface area contributed by atoms with Crippen molar-refractivity contribution < 1.29 is 14.3 Å². The highest BCUT2D eigenvalue weighted by molar-refractivity contribution is 5.92. The first kappa shape index (κ1) is 26.7. The van der Waals surface area contributed by atoms with Gasteiger partial charge in [-0.15, -0.1) is 0 Å². The van der Waals surface area contributed by atoms with Gasteiger partial charge in [0.2, 0.25) is 5.91 Å². The summed E-state index contributed by atoms with van der Waals surface area (Å²) in [6.07, 6.45) is 0.345. The second-order valence-electron chi connectivity index (χ2n) is 10.7. The first-order valence-corrected chi connectivity index (χ1v) is 13.4. The number of benzene rings is 3. The molecule has 37 heavy (non-hydrogen) atoms. The van der Waals surface area contributed by atoms with Crippen LogP contribution in [0.1, 0.15) is 69.2 Å². The van der Waals surface area contributed by atoms with E-state index >= 15 is 0 Å². The lowest BCUT2D eigenvalue weighted by Gasteiger charge is -2.23. The van der Waals surface area contributed by atoms with Gasteiger partial charge in [0.25, 0.3) is 0 Å². The number of hydrogen-bond acceptors (Lipinski definition) is 4. The number of anilines is 1. The Morgan fingerprint density at radius 1 is 0.892 bits per heavy atom. The number of carbonyl (C=O) groups is 1. The van der Waals surface area contributed by atoms with Gasteiger partial charge in [-0.1, -0.05) is 83.1 Å². The van der Waals surface area contributed by atoms with E-state index in [1.54, 1.807) is 0 Å². The molecule has 0 radical (unpaired) electrons. The molecule has 0 bridgehead atoms. The number of carbonyl (C=O) groups excluding carboxylic acids is 1. The van der Waals surface area contributed by atoms with Gasteiger partial charge in [-0.05, 0) is 52.9 Å². The van der Waals surface area contributed by atoms with E-state index in [-0.39, 0.29) is 17.2 Å². The second kappa shape index (κ2) is 11.8. The summed E-state index contributed by atoms with van der Waals surface area (Å²) in [6.45, 7) is 15.0. The lowest BCUT2D eigenvalue weighted by atomic mass is 9.83. The molecule has 1 unspecified atom stereocenters. The van der Waals surface area contributed by atoms with E-state index in [0.29, 0.717) is 36.8 Å². The Morgan fingerprint density at radius 2 is 1.59 bits per heavy atom. The molecule has 196 valence electrons. The number of rotatable bonds is 9. The zero-order chi connectivity index (χ0) is 26.4. The summed E-state index contributed by atoms with van der Waals surface area (Å²) in [5.74, 6) is 1.30. The number of nitrogens with one attached hydrogen (secondary N) is 1. The first-order valence-electron chi connectivity index (χ1n) is 13.4. The van der Waals surface area contributed by atoms with Gasteiger partial charge in [0.1, 0.15) is 13.2 Å². The van der Waals surface area contributed by atoms with Gasteiger partial charge in [-0.3, -0.25) is 9.69 Å². The highest BCUT2D eigenvalue weighted by Crippen LogP contribution is 2.34. The molecule has 1 aliphatic rings. The predicted molar refractivity (Wildman–Crippen MR) is 151 cm³/mol. The number of hydrogen-bond donors (Lipinski definition) is 1. The Kier molecular flexibility index (Phi) is 8.55. The van der Waals surface area contributed by atoms with Gasteiger partial charge in [-0.25, -0.2) is 0 Å². The molecule has 5 heteroatoms. The average Bonchev–Trinajstić information content (AvgIpc) is 2.90. The van der Waals surface area contributed by atoms with Gasteiger partial charge in [-0.2, -0.15) is 0 Å². The van der Waals surface area contributed by atoms with Crippen LogP contribution < -0.4 is 14.8 Å². The molecule has 4 rings (SSSR count). The highest BCUT2D eigenvalue weighted by Gasteiger charge is 2.21. The molecule has 1 heterocycles. The Hall–Kier alpha value is -3.31. The maximum Gasteiger partial charge on any atom is 0.225 e. The summed E-state index contributed by atoms with van der Waals surface area (Å²) in [6, 6.07) is 23.0. The van der Waals surface area contributed by atoms with Crippen LogP contribution in [-0.4, -0.2) is 37.1 Å². The maximum absolute atomic E-state index is 13.3. The summed E-state index contributed by atoms with van der Waals surface area (Å²) < 4.78 is 11.3. The molecule has 3 aromatic rings. The molecule has 0 fully saturated rings. The zero-order valence-corrected chi connectivity index (χ0v) is 22.8. The Bertz CT molecular complexity index is 1190. The molecular weight excluding hydrogens is 460 g/mol. The standard InChI is InChI=1S/C32H40N2O3/c1-6-34(7-2)22-23-9-8-10-25(19-23)28(24-11-13-26(14-12-24)32(3,4)5)21-31(35)33-27-15-16-29-30(20-27)37-18-17-36-29/h8-16,19-20,28H,6-7,17-18,21-22H2,1-5H3,(H,33,35). The van der Waals surface area contributed by atoms with Gasteiger partial charge in [0, 0.05) is 30.6 Å². The van der Waals surface area contributed by atoms with Crippen LogP contribution in [0.25, 0.3) is 0 Å². The monoisotopic (exact) mass is 500 g/mol. The first-order chi connectivity index (χ1) is 17.8. The van der Waals surface area contributed by atoms with Crippen molar-refractivity contribution in [2.45, 2.75) is 58.9 Å². The lowest BCUT2D eigenvalue weighted by molar-refractivity contribution is -0.116. The van der Waals surface area contributed by atoms with E-state index in [2.05, 4.69) is 93.4 Å². The summed E-state index contributed by atoms with van der Waals surface area (Å²) in [4.78, 5) is 15.7. The van der Waals surface area contributed by atoms with Crippen molar-refractivity contribution in [2.75, 3.05) is 31.6 Å². The third-order valence-corrected chi connectivity index (χ3v) is 7.05. The van der Waals surface area contributed by atoms with Crippen molar-refractivity contribution in [3.05, 3.63) is 89.0 Å². The zero-order valence-electron chi connectivity index (χ0n) is 22.8. The van der Waals surface area contributed by atoms with Gasteiger partial charge in [0.05, 0.1) is 0 Å². The number of amides is 1. The third kappa shape index (κ3) is 6.92. The molecule has 1 amide bonds. The van der Waals surface area contributed by atoms with Gasteiger partial charge in [0.15, 0.2) is 11.5 Å². The van der Waals surface area contributed by atoms with Crippen LogP contribution in [0.15, 0.2) is 66.7 Å². The highest BCUT2D eigenvalue weighted by atomic mass is 16.6. The van der Waals surface area contributed by atoms with E-state index < -0.39 is 0 Å². The van der Waals surface area contributed by atoms with Crippen molar-refractivity contribution in [3.63, 3.8) is 0 Å². The van der Waals surface area contributed by atoms with E-state index in [9.17, 15) is 4.79 Å². The van der Waals surface area contributed by atoms with E-state index in [4.69, 9.17) is 9.47 Å². The number of fused-ring (bicyclic) bond motifs is 1. The van der Waals surface area contributed by atoms with Crippen molar-refractivity contribution in [1.82, 2.24) is 4.90 Å². The molecule has 0 aliphatic carbocycles. The van der Waals surface area contributed by atoms with E-state index in [1.807, 2.05) is 18.2 Å². The Labute approximate surface area is 221 Å². The van der Waals surface area contributed by atoms with Crippen LogP contribution in [0.5, 0.6) is 11.5 Å². The van der Waals surface area contributed by atoms with Crippen molar-refractivity contribution >= 4 is 11.6 Å². The van der Waals surface area contributed by atoms with E-state index in [1.165, 1.54) is 11.1 Å². The van der Waals surface area contributed by atoms with Crippen molar-refractivity contribution in [2.24, 2.45) is 0 Å². The maximum atomic E-state index is 13.3. The minimum Gasteiger partial charge on any atom is -0.486 e. The van der Waals surface area contributed by atoms with Gasteiger partial charge < -0.3 is 14.8 Å². The predicted octanol–water partition coefficient (Wildman–Crippen LogP) is 6.76. The minimum absolute atomic E-state index is 0.0317. The number of nitrogens with zero attached hydrogens (tertiary/aromatic N) is 1. The third-order valence-electron chi connectivity index (χ3n) is 7.05. The molecule has 1 atom stereocenters. The molecule has 5 nitrogen and oxygen atoms in total. The fourth-order valence-corrected chi connectivity index (χ4v) is 4.78. The largest absolute Gasteiger partial charge is 0.486 e. The fourth-order valence-electron chi connectivity index (χ4n) is 4.78. The van der Waals surface area contributed by atoms with Crippen LogP contribution >= 0.6 is 0 Å². The summed E-state index contributed by atoms with van der Waals surface area (Å²) in [5.41, 5.74) is 5.64. The molecule has 0 spiro atoms. The van der Waals surface area contributed by atoms with Crippen LogP contribution in [-0.2, 0) is 16.8 Å². The lowest BCUT2D eigenvalue weighted by Crippen LogP contribution is -2.22. The topological polar surface area (TPSA) is 50.8 Å². The van der Waals surface area contributed by atoms with E-state index in [0.717, 1.165) is 30.8 Å². The molecule has 3 aromatic carbocycles. The molecule has 0 saturated carbocycles. The Balaban J connectivity index is 1.59. The summed E-state index contributed by atoms with van der Waals surface area (Å²) in [7, 11) is 0. The molecule has 1 aliphatic heterocycles. The fraction of sp³-hybridized carbons (Fsp3) is 0.406. The SMILES string of the molecule is CCN(CC)Cc1cccc(C(CC(=O)Nc2ccc3c(c2)OCCO3)c2ccc(C(C)(C)C)cc2)c1. The molecule has 0 aromatic heterocycles. The minimum atomic E-state index is -0.0529. The molecule has 0 saturated heterocycles. The normalized spacial score (nSPS) is 13.9. The summed E-state index contributed by atoms with van der Waals surface area (Å²) in [5, 5.41) is 3.08. The second-order valence-corrected chi connectivity index (χ2v) is 10.7. The van der Waals surface area contributed by atoms with Crippen molar-refractivity contribution in [1.29, 1.82) is 0 Å². The molecule has 1 N–H and O–H groups in total. The summed E-state index contributed by atoms with van der Waals surface area (Å²) >= 11 is 0. The molecular formula is C32H40N2O3. The number of ether oxygens (including phenoxy) is 2.